The number of rotatable bonds is 0. The Morgan fingerprint density at radius 1 is 0.933 bits per heavy atom. The topological polar surface area (TPSA) is 25.8 Å². The highest BCUT2D eigenvalue weighted by atomic mass is 127. The van der Waals surface area contributed by atoms with E-state index in [1.807, 2.05) is 30.5 Å². The first-order chi connectivity index (χ1) is 7.36. The molecule has 0 spiro atoms. The fourth-order valence-corrected chi connectivity index (χ4v) is 2.46. The quantitative estimate of drug-likeness (QED) is 0.361. The van der Waals surface area contributed by atoms with Crippen LogP contribution in [0.4, 0.5) is 0 Å². The first kappa shape index (κ1) is 9.03. The van der Waals surface area contributed by atoms with Gasteiger partial charge in [0.05, 0.1) is 11.0 Å². The van der Waals surface area contributed by atoms with Gasteiger partial charge in [-0.3, -0.25) is 4.98 Å². The molecule has 3 rings (SSSR count). The number of aromatic nitrogens is 2. The number of halogens is 1. The summed E-state index contributed by atoms with van der Waals surface area (Å²) in [4.78, 5) is 8.91. The fourth-order valence-electron chi connectivity index (χ4n) is 1.73. The molecule has 2 heterocycles. The molecule has 2 aromatic heterocycles. The van der Waals surface area contributed by atoms with E-state index in [9.17, 15) is 0 Å². The van der Waals surface area contributed by atoms with Gasteiger partial charge >= 0.3 is 0 Å². The van der Waals surface area contributed by atoms with Crippen molar-refractivity contribution in [2.75, 3.05) is 0 Å². The zero-order valence-electron chi connectivity index (χ0n) is 7.81. The number of fused-ring (bicyclic) bond motifs is 3. The third-order valence-electron chi connectivity index (χ3n) is 2.41. The minimum Gasteiger partial charge on any atom is -0.254 e. The van der Waals surface area contributed by atoms with Gasteiger partial charge in [0.25, 0.3) is 0 Å². The van der Waals surface area contributed by atoms with E-state index in [2.05, 4.69) is 44.7 Å². The normalized spacial score (nSPS) is 11.0. The van der Waals surface area contributed by atoms with Crippen LogP contribution in [0, 0.1) is 3.70 Å². The Hall–Kier alpha value is -1.23. The first-order valence-electron chi connectivity index (χ1n) is 4.65. The van der Waals surface area contributed by atoms with Crippen molar-refractivity contribution in [1.29, 1.82) is 0 Å². The van der Waals surface area contributed by atoms with Crippen LogP contribution in [0.2, 0.25) is 0 Å². The molecule has 15 heavy (non-hydrogen) atoms. The molecule has 0 aliphatic rings. The molecule has 3 heteroatoms. The van der Waals surface area contributed by atoms with Crippen molar-refractivity contribution in [2.45, 2.75) is 0 Å². The van der Waals surface area contributed by atoms with Gasteiger partial charge in [0, 0.05) is 17.0 Å². The number of benzene rings is 1. The molecule has 0 bridgehead atoms. The molecule has 3 aromatic rings. The summed E-state index contributed by atoms with van der Waals surface area (Å²) >= 11 is 2.27. The maximum Gasteiger partial charge on any atom is 0.110 e. The number of hydrogen-bond donors (Lipinski definition) is 0. The number of nitrogens with zero attached hydrogens (tertiary/aromatic N) is 2. The Kier molecular flexibility index (Phi) is 2.05. The molecule has 0 saturated heterocycles. The SMILES string of the molecule is Ic1nc2cccnc2c2ccccc12. The zero-order chi connectivity index (χ0) is 10.3. The summed E-state index contributed by atoms with van der Waals surface area (Å²) in [5.41, 5.74) is 1.94. The Bertz CT molecular complexity index is 649. The molecule has 0 fully saturated rings. The maximum atomic E-state index is 4.53. The summed E-state index contributed by atoms with van der Waals surface area (Å²) in [5.74, 6) is 0. The van der Waals surface area contributed by atoms with Gasteiger partial charge in [-0.1, -0.05) is 24.3 Å². The second-order valence-corrected chi connectivity index (χ2v) is 4.34. The minimum atomic E-state index is 0.959. The number of hydrogen-bond acceptors (Lipinski definition) is 2. The van der Waals surface area contributed by atoms with Crippen LogP contribution in [0.3, 0.4) is 0 Å². The van der Waals surface area contributed by atoms with E-state index in [0.717, 1.165) is 14.7 Å². The molecule has 72 valence electrons. The van der Waals surface area contributed by atoms with Crippen LogP contribution in [-0.2, 0) is 0 Å². The summed E-state index contributed by atoms with van der Waals surface area (Å²) in [6.07, 6.45) is 1.81. The van der Waals surface area contributed by atoms with E-state index < -0.39 is 0 Å². The van der Waals surface area contributed by atoms with Crippen LogP contribution in [-0.4, -0.2) is 9.97 Å². The van der Waals surface area contributed by atoms with Crippen molar-refractivity contribution in [1.82, 2.24) is 9.97 Å². The van der Waals surface area contributed by atoms with Crippen molar-refractivity contribution in [3.05, 3.63) is 46.3 Å². The smallest absolute Gasteiger partial charge is 0.110 e. The van der Waals surface area contributed by atoms with Crippen molar-refractivity contribution < 1.29 is 0 Å². The predicted molar refractivity (Wildman–Crippen MR) is 69.8 cm³/mol. The highest BCUT2D eigenvalue weighted by Gasteiger charge is 2.05. The first-order valence-corrected chi connectivity index (χ1v) is 5.73. The summed E-state index contributed by atoms with van der Waals surface area (Å²) in [7, 11) is 0. The predicted octanol–water partition coefficient (Wildman–Crippen LogP) is 3.39. The second kappa shape index (κ2) is 3.41. The Balaban J connectivity index is 2.64. The fraction of sp³-hybridized carbons (Fsp3) is 0. The van der Waals surface area contributed by atoms with Crippen LogP contribution in [0.25, 0.3) is 21.8 Å². The maximum absolute atomic E-state index is 4.53. The van der Waals surface area contributed by atoms with Crippen molar-refractivity contribution in [3.63, 3.8) is 0 Å². The molecule has 0 radical (unpaired) electrons. The average Bonchev–Trinajstić information content (AvgIpc) is 2.30. The molecule has 0 amide bonds. The van der Waals surface area contributed by atoms with Gasteiger partial charge in [-0.25, -0.2) is 4.98 Å². The summed E-state index contributed by atoms with van der Waals surface area (Å²) < 4.78 is 1.03. The molecule has 0 saturated carbocycles. The highest BCUT2D eigenvalue weighted by molar-refractivity contribution is 14.1. The summed E-state index contributed by atoms with van der Waals surface area (Å²) in [6.45, 7) is 0. The Morgan fingerprint density at radius 2 is 1.73 bits per heavy atom. The van der Waals surface area contributed by atoms with E-state index in [0.29, 0.717) is 0 Å². The lowest BCUT2D eigenvalue weighted by Crippen LogP contribution is -1.88. The van der Waals surface area contributed by atoms with Crippen molar-refractivity contribution in [2.24, 2.45) is 0 Å². The largest absolute Gasteiger partial charge is 0.254 e. The highest BCUT2D eigenvalue weighted by Crippen LogP contribution is 2.25. The van der Waals surface area contributed by atoms with Gasteiger partial charge in [0.1, 0.15) is 3.70 Å². The van der Waals surface area contributed by atoms with E-state index in [4.69, 9.17) is 0 Å². The molecule has 2 nitrogen and oxygen atoms in total. The van der Waals surface area contributed by atoms with Gasteiger partial charge < -0.3 is 0 Å². The van der Waals surface area contributed by atoms with Crippen molar-refractivity contribution in [3.8, 4) is 0 Å². The molecular weight excluding hydrogens is 299 g/mol. The van der Waals surface area contributed by atoms with E-state index in [-0.39, 0.29) is 0 Å². The number of pyridine rings is 2. The zero-order valence-corrected chi connectivity index (χ0v) is 9.97. The van der Waals surface area contributed by atoms with Crippen LogP contribution in [0.1, 0.15) is 0 Å². The molecule has 0 aliphatic carbocycles. The van der Waals surface area contributed by atoms with E-state index >= 15 is 0 Å². The molecule has 0 atom stereocenters. The lowest BCUT2D eigenvalue weighted by Gasteiger charge is -2.03. The lowest BCUT2D eigenvalue weighted by atomic mass is 10.1. The summed E-state index contributed by atoms with van der Waals surface area (Å²) in [6, 6.07) is 12.2. The Morgan fingerprint density at radius 3 is 2.60 bits per heavy atom. The van der Waals surface area contributed by atoms with E-state index in [1.54, 1.807) is 0 Å². The second-order valence-electron chi connectivity index (χ2n) is 3.32. The molecule has 1 aromatic carbocycles. The van der Waals surface area contributed by atoms with Gasteiger partial charge in [-0.15, -0.1) is 0 Å². The molecular formula is C12H7IN2. The van der Waals surface area contributed by atoms with Gasteiger partial charge in [-0.05, 0) is 34.7 Å². The van der Waals surface area contributed by atoms with Gasteiger partial charge in [0.15, 0.2) is 0 Å². The Labute approximate surface area is 100 Å². The lowest BCUT2D eigenvalue weighted by molar-refractivity contribution is 1.33. The van der Waals surface area contributed by atoms with Gasteiger partial charge in [-0.2, -0.15) is 0 Å². The standard InChI is InChI=1S/C12H7IN2/c13-12-9-5-2-1-4-8(9)11-10(15-12)6-3-7-14-11/h1-7H. The minimum absolute atomic E-state index is 0.959. The van der Waals surface area contributed by atoms with Crippen LogP contribution < -0.4 is 0 Å². The molecule has 0 aliphatic heterocycles. The average molecular weight is 306 g/mol. The van der Waals surface area contributed by atoms with E-state index in [1.165, 1.54) is 10.8 Å². The van der Waals surface area contributed by atoms with Crippen LogP contribution >= 0.6 is 22.6 Å². The third-order valence-corrected chi connectivity index (χ3v) is 3.23. The van der Waals surface area contributed by atoms with Gasteiger partial charge in [0.2, 0.25) is 0 Å². The van der Waals surface area contributed by atoms with Crippen LogP contribution in [0.5, 0.6) is 0 Å². The molecule has 0 N–H and O–H groups in total. The third kappa shape index (κ3) is 1.38. The summed E-state index contributed by atoms with van der Waals surface area (Å²) in [5, 5.41) is 2.34. The van der Waals surface area contributed by atoms with Crippen LogP contribution in [0.15, 0.2) is 42.6 Å². The van der Waals surface area contributed by atoms with Crippen molar-refractivity contribution >= 4 is 44.4 Å². The monoisotopic (exact) mass is 306 g/mol. The molecule has 0 unspecified atom stereocenters.